The van der Waals surface area contributed by atoms with E-state index in [4.69, 9.17) is 15.2 Å². The second-order valence-electron chi connectivity index (χ2n) is 7.32. The number of anilines is 1. The fraction of sp³-hybridized carbons (Fsp3) is 0.588. The average molecular weight is 362 g/mol. The molecule has 4 N–H and O–H groups in total. The number of carbonyl (C=O) groups excluding carboxylic acids is 1. The summed E-state index contributed by atoms with van der Waals surface area (Å²) in [6.45, 7) is 1.32. The van der Waals surface area contributed by atoms with E-state index < -0.39 is 17.3 Å². The molecule has 2 aromatic rings. The molecule has 1 saturated carbocycles. The summed E-state index contributed by atoms with van der Waals surface area (Å²) >= 11 is 0. The highest BCUT2D eigenvalue weighted by Gasteiger charge is 2.58. The third-order valence-electron chi connectivity index (χ3n) is 5.52. The van der Waals surface area contributed by atoms with Crippen LogP contribution in [0, 0.1) is 5.92 Å². The molecule has 1 aliphatic heterocycles. The van der Waals surface area contributed by atoms with Gasteiger partial charge in [0.2, 0.25) is 0 Å². The SMILES string of the molecule is C[C@]1(COC(=O)C2CCC2)OCC(O)(c2ccc3c(N)ncnn23)[C@@H]1O. The maximum absolute atomic E-state index is 12.0. The normalized spacial score (nSPS) is 31.9. The highest BCUT2D eigenvalue weighted by molar-refractivity contribution is 5.73. The predicted molar refractivity (Wildman–Crippen MR) is 90.0 cm³/mol. The number of nitrogen functional groups attached to an aromatic ring is 1. The monoisotopic (exact) mass is 362 g/mol. The minimum Gasteiger partial charge on any atom is -0.462 e. The Morgan fingerprint density at radius 3 is 2.96 bits per heavy atom. The van der Waals surface area contributed by atoms with Gasteiger partial charge in [0, 0.05) is 0 Å². The minimum atomic E-state index is -1.72. The Labute approximate surface area is 149 Å². The first-order valence-electron chi connectivity index (χ1n) is 8.65. The Kier molecular flexibility index (Phi) is 3.90. The summed E-state index contributed by atoms with van der Waals surface area (Å²) in [5.41, 5.74) is 3.74. The van der Waals surface area contributed by atoms with Crippen LogP contribution in [0.2, 0.25) is 0 Å². The number of rotatable bonds is 4. The molecule has 1 saturated heterocycles. The smallest absolute Gasteiger partial charge is 0.309 e. The summed E-state index contributed by atoms with van der Waals surface area (Å²) in [7, 11) is 0. The Morgan fingerprint density at radius 2 is 2.27 bits per heavy atom. The Morgan fingerprint density at radius 1 is 1.50 bits per heavy atom. The zero-order valence-corrected chi connectivity index (χ0v) is 14.5. The van der Waals surface area contributed by atoms with Crippen molar-refractivity contribution < 1.29 is 24.5 Å². The quantitative estimate of drug-likeness (QED) is 0.647. The molecular formula is C17H22N4O5. The van der Waals surface area contributed by atoms with Crippen molar-refractivity contribution in [3.8, 4) is 0 Å². The maximum atomic E-state index is 12.0. The lowest BCUT2D eigenvalue weighted by molar-refractivity contribution is -0.165. The molecule has 2 aliphatic rings. The fourth-order valence-corrected chi connectivity index (χ4v) is 3.53. The van der Waals surface area contributed by atoms with Gasteiger partial charge in [0.15, 0.2) is 11.4 Å². The lowest BCUT2D eigenvalue weighted by atomic mass is 9.85. The summed E-state index contributed by atoms with van der Waals surface area (Å²) in [4.78, 5) is 15.9. The number of carbonyl (C=O) groups is 1. The van der Waals surface area contributed by atoms with Crippen molar-refractivity contribution >= 4 is 17.3 Å². The largest absolute Gasteiger partial charge is 0.462 e. The molecule has 0 spiro atoms. The third-order valence-corrected chi connectivity index (χ3v) is 5.52. The standard InChI is InChI=1S/C17H22N4O5/c1-16(7-25-14(22)10-3-2-4-10)15(23)17(24,8-26-16)12-6-5-11-13(18)19-9-20-21(11)12/h5-6,9-10,15,23-24H,2-4,7-8H2,1H3,(H2,18,19,20)/t15-,16-,17?/m1/s1. The molecule has 0 aromatic carbocycles. The van der Waals surface area contributed by atoms with Crippen LogP contribution in [0.3, 0.4) is 0 Å². The summed E-state index contributed by atoms with van der Waals surface area (Å²) in [6, 6.07) is 3.29. The molecule has 3 atom stereocenters. The van der Waals surface area contributed by atoms with Gasteiger partial charge in [0.05, 0.1) is 18.2 Å². The first-order valence-corrected chi connectivity index (χ1v) is 8.65. The van der Waals surface area contributed by atoms with Crippen molar-refractivity contribution in [2.45, 2.75) is 43.5 Å². The van der Waals surface area contributed by atoms with Crippen LogP contribution in [0.1, 0.15) is 31.9 Å². The number of fused-ring (bicyclic) bond motifs is 1. The van der Waals surface area contributed by atoms with Gasteiger partial charge in [-0.2, -0.15) is 5.10 Å². The van der Waals surface area contributed by atoms with Gasteiger partial charge in [-0.25, -0.2) is 9.50 Å². The van der Waals surface area contributed by atoms with Crippen LogP contribution in [0.5, 0.6) is 0 Å². The first kappa shape index (κ1) is 17.2. The number of hydrogen-bond acceptors (Lipinski definition) is 8. The van der Waals surface area contributed by atoms with Crippen LogP contribution in [0.25, 0.3) is 5.52 Å². The van der Waals surface area contributed by atoms with E-state index in [0.717, 1.165) is 19.3 Å². The maximum Gasteiger partial charge on any atom is 0.309 e. The summed E-state index contributed by atoms with van der Waals surface area (Å²) in [5, 5.41) is 26.1. The van der Waals surface area contributed by atoms with Gasteiger partial charge in [-0.15, -0.1) is 0 Å². The van der Waals surface area contributed by atoms with Crippen LogP contribution < -0.4 is 5.73 Å². The van der Waals surface area contributed by atoms with Crippen molar-refractivity contribution in [2.24, 2.45) is 5.92 Å². The van der Waals surface area contributed by atoms with E-state index >= 15 is 0 Å². The van der Waals surface area contributed by atoms with Gasteiger partial charge in [0.25, 0.3) is 0 Å². The van der Waals surface area contributed by atoms with Gasteiger partial charge in [0.1, 0.15) is 30.2 Å². The number of aliphatic hydroxyl groups is 2. The molecule has 140 valence electrons. The van der Waals surface area contributed by atoms with Crippen LogP contribution in [0.4, 0.5) is 5.82 Å². The van der Waals surface area contributed by atoms with E-state index in [1.807, 2.05) is 0 Å². The number of esters is 1. The number of nitrogens with two attached hydrogens (primary N) is 1. The molecule has 26 heavy (non-hydrogen) atoms. The molecule has 0 radical (unpaired) electrons. The lowest BCUT2D eigenvalue weighted by Crippen LogP contribution is -2.50. The van der Waals surface area contributed by atoms with Crippen LogP contribution in [-0.4, -0.2) is 55.7 Å². The topological polar surface area (TPSA) is 132 Å². The van der Waals surface area contributed by atoms with Gasteiger partial charge in [-0.05, 0) is 31.9 Å². The van der Waals surface area contributed by atoms with Gasteiger partial charge in [-0.1, -0.05) is 6.42 Å². The molecule has 1 unspecified atom stereocenters. The van der Waals surface area contributed by atoms with E-state index in [9.17, 15) is 15.0 Å². The van der Waals surface area contributed by atoms with Gasteiger partial charge < -0.3 is 25.4 Å². The minimum absolute atomic E-state index is 0.0646. The van der Waals surface area contributed by atoms with E-state index in [1.54, 1.807) is 19.1 Å². The second-order valence-corrected chi connectivity index (χ2v) is 7.32. The number of aliphatic hydroxyl groups excluding tert-OH is 1. The van der Waals surface area contributed by atoms with E-state index in [2.05, 4.69) is 10.1 Å². The zero-order chi connectivity index (χ0) is 18.5. The second kappa shape index (κ2) is 5.90. The van der Waals surface area contributed by atoms with Crippen LogP contribution >= 0.6 is 0 Å². The van der Waals surface area contributed by atoms with Crippen molar-refractivity contribution in [1.82, 2.24) is 14.6 Å². The molecule has 2 aromatic heterocycles. The molecule has 2 fully saturated rings. The number of hydrogen-bond donors (Lipinski definition) is 3. The first-order chi connectivity index (χ1) is 12.3. The number of ether oxygens (including phenoxy) is 2. The van der Waals surface area contributed by atoms with E-state index in [0.29, 0.717) is 11.2 Å². The molecule has 0 amide bonds. The Hall–Kier alpha value is -2.23. The zero-order valence-electron chi connectivity index (χ0n) is 14.5. The van der Waals surface area contributed by atoms with E-state index in [1.165, 1.54) is 10.8 Å². The summed E-state index contributed by atoms with van der Waals surface area (Å²) < 4.78 is 12.5. The number of nitrogens with zero attached hydrogens (tertiary/aromatic N) is 3. The van der Waals surface area contributed by atoms with Crippen molar-refractivity contribution in [3.63, 3.8) is 0 Å². The van der Waals surface area contributed by atoms with Crippen LogP contribution in [-0.2, 0) is 19.9 Å². The van der Waals surface area contributed by atoms with Crippen LogP contribution in [0.15, 0.2) is 18.5 Å². The fourth-order valence-electron chi connectivity index (χ4n) is 3.53. The van der Waals surface area contributed by atoms with Crippen molar-refractivity contribution in [3.05, 3.63) is 24.2 Å². The lowest BCUT2D eigenvalue weighted by Gasteiger charge is -2.32. The predicted octanol–water partition coefficient (Wildman–Crippen LogP) is -0.00780. The summed E-state index contributed by atoms with van der Waals surface area (Å²) in [5.74, 6) is -0.0805. The Bertz CT molecular complexity index is 851. The molecular weight excluding hydrogens is 340 g/mol. The number of aromatic nitrogens is 3. The molecule has 4 rings (SSSR count). The average Bonchev–Trinajstić information content (AvgIpc) is 3.10. The van der Waals surface area contributed by atoms with E-state index in [-0.39, 0.29) is 30.9 Å². The molecule has 3 heterocycles. The molecule has 1 aliphatic carbocycles. The van der Waals surface area contributed by atoms with Gasteiger partial charge in [-0.3, -0.25) is 4.79 Å². The Balaban J connectivity index is 1.57. The third kappa shape index (κ3) is 2.46. The highest BCUT2D eigenvalue weighted by atomic mass is 16.6. The molecule has 0 bridgehead atoms. The van der Waals surface area contributed by atoms with Gasteiger partial charge >= 0.3 is 5.97 Å². The highest BCUT2D eigenvalue weighted by Crippen LogP contribution is 2.41. The molecule has 9 heteroatoms. The van der Waals surface area contributed by atoms with Crippen molar-refractivity contribution in [1.29, 1.82) is 0 Å². The van der Waals surface area contributed by atoms with Crippen molar-refractivity contribution in [2.75, 3.05) is 18.9 Å². The molecule has 9 nitrogen and oxygen atoms in total. The summed E-state index contributed by atoms with van der Waals surface area (Å²) in [6.07, 6.45) is 2.65.